The Kier molecular flexibility index (Phi) is 4.56. The second-order valence-corrected chi connectivity index (χ2v) is 2.72. The van der Waals surface area contributed by atoms with Crippen LogP contribution in [0, 0.1) is 11.6 Å². The van der Waals surface area contributed by atoms with Gasteiger partial charge in [-0.05, 0) is 24.1 Å². The van der Waals surface area contributed by atoms with Gasteiger partial charge in [0.1, 0.15) is 11.6 Å². The smallest absolute Gasteiger partial charge is 0.126 e. The SMILES string of the molecule is C.CC[C@@H](N)c1cc(F)cc(F)c1. The van der Waals surface area contributed by atoms with Crippen LogP contribution in [0.25, 0.3) is 0 Å². The highest BCUT2D eigenvalue weighted by Gasteiger charge is 2.06. The number of nitrogens with two attached hydrogens (primary N) is 1. The van der Waals surface area contributed by atoms with Crippen molar-refractivity contribution in [3.63, 3.8) is 0 Å². The zero-order valence-electron chi connectivity index (χ0n) is 6.85. The van der Waals surface area contributed by atoms with Gasteiger partial charge in [0.05, 0.1) is 0 Å². The van der Waals surface area contributed by atoms with E-state index in [0.717, 1.165) is 6.07 Å². The molecule has 0 radical (unpaired) electrons. The molecule has 1 aromatic carbocycles. The maximum atomic E-state index is 12.6. The monoisotopic (exact) mass is 187 g/mol. The molecule has 1 atom stereocenters. The Morgan fingerprint density at radius 2 is 1.69 bits per heavy atom. The van der Waals surface area contributed by atoms with Crippen molar-refractivity contribution in [2.45, 2.75) is 26.8 Å². The average molecular weight is 187 g/mol. The molecule has 0 unspecified atom stereocenters. The topological polar surface area (TPSA) is 26.0 Å². The summed E-state index contributed by atoms with van der Waals surface area (Å²) in [6.07, 6.45) is 0.670. The molecule has 0 heterocycles. The van der Waals surface area contributed by atoms with Crippen LogP contribution < -0.4 is 5.73 Å². The summed E-state index contributed by atoms with van der Waals surface area (Å²) >= 11 is 0. The van der Waals surface area contributed by atoms with Gasteiger partial charge < -0.3 is 5.73 Å². The Hall–Kier alpha value is -0.960. The van der Waals surface area contributed by atoms with E-state index in [0.29, 0.717) is 12.0 Å². The Morgan fingerprint density at radius 1 is 1.23 bits per heavy atom. The van der Waals surface area contributed by atoms with Crippen LogP contribution in [-0.4, -0.2) is 0 Å². The Labute approximate surface area is 77.6 Å². The fourth-order valence-electron chi connectivity index (χ4n) is 1.02. The first-order valence-electron chi connectivity index (χ1n) is 3.85. The molecule has 0 aromatic heterocycles. The molecule has 0 spiro atoms. The van der Waals surface area contributed by atoms with Crippen LogP contribution in [0.15, 0.2) is 18.2 Å². The van der Waals surface area contributed by atoms with E-state index in [1.807, 2.05) is 6.92 Å². The molecule has 1 rings (SSSR count). The summed E-state index contributed by atoms with van der Waals surface area (Å²) in [5, 5.41) is 0. The lowest BCUT2D eigenvalue weighted by atomic mass is 10.1. The molecular formula is C10H15F2N. The first-order chi connectivity index (χ1) is 5.63. The lowest BCUT2D eigenvalue weighted by molar-refractivity contribution is 0.571. The van der Waals surface area contributed by atoms with Crippen LogP contribution in [-0.2, 0) is 0 Å². The van der Waals surface area contributed by atoms with Crippen molar-refractivity contribution in [1.82, 2.24) is 0 Å². The summed E-state index contributed by atoms with van der Waals surface area (Å²) in [6, 6.07) is 3.08. The molecule has 0 fully saturated rings. The van der Waals surface area contributed by atoms with E-state index in [2.05, 4.69) is 0 Å². The van der Waals surface area contributed by atoms with Crippen molar-refractivity contribution in [2.24, 2.45) is 5.73 Å². The number of rotatable bonds is 2. The molecule has 0 aliphatic carbocycles. The van der Waals surface area contributed by atoms with E-state index in [1.165, 1.54) is 12.1 Å². The number of benzene rings is 1. The summed E-state index contributed by atoms with van der Waals surface area (Å²) in [7, 11) is 0. The van der Waals surface area contributed by atoms with E-state index in [-0.39, 0.29) is 13.5 Å². The fraction of sp³-hybridized carbons (Fsp3) is 0.400. The van der Waals surface area contributed by atoms with Crippen molar-refractivity contribution >= 4 is 0 Å². The van der Waals surface area contributed by atoms with Gasteiger partial charge in [0.2, 0.25) is 0 Å². The number of hydrogen-bond donors (Lipinski definition) is 1. The molecule has 13 heavy (non-hydrogen) atoms. The van der Waals surface area contributed by atoms with Gasteiger partial charge in [-0.25, -0.2) is 8.78 Å². The zero-order valence-corrected chi connectivity index (χ0v) is 6.85. The predicted molar refractivity (Wildman–Crippen MR) is 50.3 cm³/mol. The van der Waals surface area contributed by atoms with Gasteiger partial charge >= 0.3 is 0 Å². The van der Waals surface area contributed by atoms with Gasteiger partial charge in [0.15, 0.2) is 0 Å². The van der Waals surface area contributed by atoms with E-state index in [9.17, 15) is 8.78 Å². The third-order valence-corrected chi connectivity index (χ3v) is 1.75. The quantitative estimate of drug-likeness (QED) is 0.756. The minimum absolute atomic E-state index is 0. The second-order valence-electron chi connectivity index (χ2n) is 2.72. The standard InChI is InChI=1S/C9H11F2N.CH4/c1-2-9(12)6-3-7(10)5-8(11)4-6;/h3-5,9H,2,12H2,1H3;1H4/t9-;/m1./s1. The van der Waals surface area contributed by atoms with Gasteiger partial charge in [0, 0.05) is 12.1 Å². The first kappa shape index (κ1) is 12.0. The molecule has 0 saturated heterocycles. The summed E-state index contributed by atoms with van der Waals surface area (Å²) in [6.45, 7) is 1.87. The summed E-state index contributed by atoms with van der Waals surface area (Å²) in [4.78, 5) is 0. The number of halogens is 2. The Bertz CT molecular complexity index is 253. The number of hydrogen-bond acceptors (Lipinski definition) is 1. The molecule has 74 valence electrons. The van der Waals surface area contributed by atoms with E-state index >= 15 is 0 Å². The van der Waals surface area contributed by atoms with Gasteiger partial charge in [0.25, 0.3) is 0 Å². The van der Waals surface area contributed by atoms with Crippen molar-refractivity contribution in [3.05, 3.63) is 35.4 Å². The minimum atomic E-state index is -0.575. The molecule has 0 saturated carbocycles. The molecule has 0 bridgehead atoms. The second kappa shape index (κ2) is 4.92. The normalized spacial score (nSPS) is 12.0. The molecule has 2 N–H and O–H groups in total. The van der Waals surface area contributed by atoms with Crippen molar-refractivity contribution in [2.75, 3.05) is 0 Å². The van der Waals surface area contributed by atoms with Gasteiger partial charge in [-0.2, -0.15) is 0 Å². The third kappa shape index (κ3) is 3.11. The maximum absolute atomic E-state index is 12.6. The largest absolute Gasteiger partial charge is 0.324 e. The minimum Gasteiger partial charge on any atom is -0.324 e. The Balaban J connectivity index is 0.00000144. The summed E-state index contributed by atoms with van der Waals surface area (Å²) in [5.41, 5.74) is 6.11. The predicted octanol–water partition coefficient (Wildman–Crippen LogP) is 3.01. The van der Waals surface area contributed by atoms with Crippen LogP contribution in [0.2, 0.25) is 0 Å². The summed E-state index contributed by atoms with van der Waals surface area (Å²) < 4.78 is 25.3. The lowest BCUT2D eigenvalue weighted by Crippen LogP contribution is -2.09. The lowest BCUT2D eigenvalue weighted by Gasteiger charge is -2.08. The van der Waals surface area contributed by atoms with Crippen LogP contribution in [0.3, 0.4) is 0 Å². The van der Waals surface area contributed by atoms with Crippen LogP contribution >= 0.6 is 0 Å². The van der Waals surface area contributed by atoms with Gasteiger partial charge in [-0.15, -0.1) is 0 Å². The fourth-order valence-corrected chi connectivity index (χ4v) is 1.02. The molecule has 0 aliphatic heterocycles. The highest BCUT2D eigenvalue weighted by molar-refractivity contribution is 5.20. The molecule has 1 nitrogen and oxygen atoms in total. The van der Waals surface area contributed by atoms with E-state index in [1.54, 1.807) is 0 Å². The molecule has 3 heteroatoms. The molecule has 1 aromatic rings. The molecule has 0 amide bonds. The highest BCUT2D eigenvalue weighted by Crippen LogP contribution is 2.16. The third-order valence-electron chi connectivity index (χ3n) is 1.75. The van der Waals surface area contributed by atoms with Gasteiger partial charge in [-0.3, -0.25) is 0 Å². The first-order valence-corrected chi connectivity index (χ1v) is 3.85. The van der Waals surface area contributed by atoms with Crippen LogP contribution in [0.4, 0.5) is 8.78 Å². The summed E-state index contributed by atoms with van der Waals surface area (Å²) in [5.74, 6) is -1.15. The molecular weight excluding hydrogens is 172 g/mol. The van der Waals surface area contributed by atoms with Crippen molar-refractivity contribution in [1.29, 1.82) is 0 Å². The highest BCUT2D eigenvalue weighted by atomic mass is 19.1. The van der Waals surface area contributed by atoms with Crippen molar-refractivity contribution < 1.29 is 8.78 Å². The molecule has 0 aliphatic rings. The maximum Gasteiger partial charge on any atom is 0.126 e. The van der Waals surface area contributed by atoms with E-state index in [4.69, 9.17) is 5.73 Å². The average Bonchev–Trinajstić information content (AvgIpc) is 2.01. The van der Waals surface area contributed by atoms with Crippen molar-refractivity contribution in [3.8, 4) is 0 Å². The Morgan fingerprint density at radius 3 is 2.08 bits per heavy atom. The van der Waals surface area contributed by atoms with Crippen LogP contribution in [0.5, 0.6) is 0 Å². The zero-order chi connectivity index (χ0) is 9.14. The van der Waals surface area contributed by atoms with Gasteiger partial charge in [-0.1, -0.05) is 14.4 Å². The van der Waals surface area contributed by atoms with Crippen LogP contribution in [0.1, 0.15) is 32.4 Å². The van der Waals surface area contributed by atoms with E-state index < -0.39 is 11.6 Å².